The maximum atomic E-state index is 13.1. The van der Waals surface area contributed by atoms with Crippen molar-refractivity contribution in [3.8, 4) is 0 Å². The van der Waals surface area contributed by atoms with Crippen LogP contribution < -0.4 is 10.2 Å². The van der Waals surface area contributed by atoms with Crippen LogP contribution in [0.3, 0.4) is 0 Å². The van der Waals surface area contributed by atoms with Crippen molar-refractivity contribution >= 4 is 28.9 Å². The second kappa shape index (κ2) is 8.80. The number of nitrogens with zero attached hydrogens (tertiary/aromatic N) is 2. The first-order valence-corrected chi connectivity index (χ1v) is 8.60. The molecule has 2 rings (SSSR count). The Balaban J connectivity index is 2.49. The lowest BCUT2D eigenvalue weighted by Gasteiger charge is -2.20. The molecule has 160 valence electrons. The number of amides is 1. The quantitative estimate of drug-likeness (QED) is 0.425. The molecule has 2 aromatic carbocycles. The normalized spacial score (nSPS) is 11.0. The van der Waals surface area contributed by atoms with E-state index in [1.165, 1.54) is 11.0 Å². The first kappa shape index (κ1) is 22.7. The van der Waals surface area contributed by atoms with E-state index in [9.17, 15) is 32.9 Å². The summed E-state index contributed by atoms with van der Waals surface area (Å²) in [5.41, 5.74) is -1.89. The minimum atomic E-state index is -4.63. The van der Waals surface area contributed by atoms with Crippen LogP contribution in [0, 0.1) is 10.1 Å². The van der Waals surface area contributed by atoms with E-state index in [4.69, 9.17) is 4.74 Å². The van der Waals surface area contributed by atoms with Crippen molar-refractivity contribution in [2.45, 2.75) is 13.1 Å². The smallest absolute Gasteiger partial charge is 0.416 e. The maximum Gasteiger partial charge on any atom is 0.416 e. The fourth-order valence-electron chi connectivity index (χ4n) is 2.58. The van der Waals surface area contributed by atoms with Gasteiger partial charge in [-0.3, -0.25) is 14.9 Å². The number of esters is 1. The molecule has 0 aliphatic heterocycles. The first-order valence-electron chi connectivity index (χ1n) is 8.60. The van der Waals surface area contributed by atoms with Gasteiger partial charge in [0.1, 0.15) is 0 Å². The number of anilines is 2. The van der Waals surface area contributed by atoms with Crippen molar-refractivity contribution < 1.29 is 32.4 Å². The molecule has 0 aliphatic carbocycles. The minimum absolute atomic E-state index is 0.0134. The van der Waals surface area contributed by atoms with Crippen LogP contribution in [0.15, 0.2) is 36.4 Å². The van der Waals surface area contributed by atoms with Gasteiger partial charge in [0.05, 0.1) is 34.0 Å². The number of ether oxygens (including phenoxy) is 1. The molecule has 0 radical (unpaired) electrons. The second-order valence-electron chi connectivity index (χ2n) is 6.32. The van der Waals surface area contributed by atoms with Gasteiger partial charge in [-0.25, -0.2) is 4.79 Å². The van der Waals surface area contributed by atoms with Crippen molar-refractivity contribution in [3.05, 3.63) is 63.2 Å². The van der Waals surface area contributed by atoms with Gasteiger partial charge in [0.2, 0.25) is 0 Å². The molecular formula is C19H18F3N3O5. The van der Waals surface area contributed by atoms with E-state index < -0.39 is 34.2 Å². The molecule has 0 heterocycles. The number of nitrogens with one attached hydrogen (secondary N) is 1. The molecule has 0 bridgehead atoms. The SMILES string of the molecule is CCOC(=O)c1cc(C(=O)Nc2cc(C(F)(F)F)ccc2N(C)C)cc([N+](=O)[O-])c1. The van der Waals surface area contributed by atoms with Crippen molar-refractivity contribution in [2.24, 2.45) is 0 Å². The molecule has 0 aromatic heterocycles. The molecule has 8 nitrogen and oxygen atoms in total. The summed E-state index contributed by atoms with van der Waals surface area (Å²) in [6, 6.07) is 5.76. The van der Waals surface area contributed by atoms with Crippen molar-refractivity contribution in [3.63, 3.8) is 0 Å². The zero-order valence-electron chi connectivity index (χ0n) is 16.2. The summed E-state index contributed by atoms with van der Waals surface area (Å²) in [6.45, 7) is 1.55. The van der Waals surface area contributed by atoms with Gasteiger partial charge < -0.3 is 15.0 Å². The zero-order valence-corrected chi connectivity index (χ0v) is 16.2. The summed E-state index contributed by atoms with van der Waals surface area (Å²) < 4.78 is 44.0. The predicted molar refractivity (Wildman–Crippen MR) is 103 cm³/mol. The third-order valence-electron chi connectivity index (χ3n) is 3.96. The van der Waals surface area contributed by atoms with Crippen LogP contribution in [-0.2, 0) is 10.9 Å². The molecule has 0 unspecified atom stereocenters. The third-order valence-corrected chi connectivity index (χ3v) is 3.96. The topological polar surface area (TPSA) is 102 Å². The van der Waals surface area contributed by atoms with E-state index in [0.717, 1.165) is 30.3 Å². The fourth-order valence-corrected chi connectivity index (χ4v) is 2.58. The number of benzene rings is 2. The summed E-state index contributed by atoms with van der Waals surface area (Å²) in [5.74, 6) is -1.80. The molecule has 1 amide bonds. The van der Waals surface area contributed by atoms with E-state index in [1.54, 1.807) is 21.0 Å². The molecular weight excluding hydrogens is 407 g/mol. The molecule has 0 aliphatic rings. The van der Waals surface area contributed by atoms with Gasteiger partial charge in [0, 0.05) is 31.8 Å². The van der Waals surface area contributed by atoms with Crippen LogP contribution in [0.4, 0.5) is 30.2 Å². The Labute approximate surface area is 169 Å². The van der Waals surface area contributed by atoms with Crippen molar-refractivity contribution in [1.29, 1.82) is 0 Å². The number of non-ortho nitro benzene ring substituents is 1. The van der Waals surface area contributed by atoms with Gasteiger partial charge >= 0.3 is 12.1 Å². The molecule has 0 atom stereocenters. The summed E-state index contributed by atoms with van der Waals surface area (Å²) in [5, 5.41) is 13.5. The molecule has 30 heavy (non-hydrogen) atoms. The molecule has 1 N–H and O–H groups in total. The number of carbonyl (C=O) groups is 2. The molecule has 0 saturated carbocycles. The summed E-state index contributed by atoms with van der Waals surface area (Å²) in [4.78, 5) is 36.5. The molecule has 2 aromatic rings. The average molecular weight is 425 g/mol. The number of halogens is 3. The first-order chi connectivity index (χ1) is 13.9. The number of rotatable bonds is 6. The Hall–Kier alpha value is -3.63. The number of nitro groups is 1. The lowest BCUT2D eigenvalue weighted by atomic mass is 10.1. The highest BCUT2D eigenvalue weighted by Gasteiger charge is 2.31. The molecule has 0 fully saturated rings. The number of nitro benzene ring substituents is 1. The largest absolute Gasteiger partial charge is 0.462 e. The van der Waals surface area contributed by atoms with E-state index >= 15 is 0 Å². The highest BCUT2D eigenvalue weighted by Crippen LogP contribution is 2.35. The van der Waals surface area contributed by atoms with E-state index in [0.29, 0.717) is 0 Å². The Morgan fingerprint density at radius 2 is 1.77 bits per heavy atom. The molecule has 0 saturated heterocycles. The Morgan fingerprint density at radius 3 is 2.30 bits per heavy atom. The van der Waals surface area contributed by atoms with Crippen LogP contribution in [0.25, 0.3) is 0 Å². The second-order valence-corrected chi connectivity index (χ2v) is 6.32. The minimum Gasteiger partial charge on any atom is -0.462 e. The average Bonchev–Trinajstić information content (AvgIpc) is 2.66. The number of carbonyl (C=O) groups excluding carboxylic acids is 2. The van der Waals surface area contributed by atoms with Gasteiger partial charge in [-0.05, 0) is 31.2 Å². The number of hydrogen-bond acceptors (Lipinski definition) is 6. The van der Waals surface area contributed by atoms with Crippen LogP contribution in [0.2, 0.25) is 0 Å². The predicted octanol–water partition coefficient (Wildman–Crippen LogP) is 4.11. The van der Waals surface area contributed by atoms with Crippen LogP contribution in [0.5, 0.6) is 0 Å². The van der Waals surface area contributed by atoms with Gasteiger partial charge in [-0.15, -0.1) is 0 Å². The zero-order chi connectivity index (χ0) is 22.6. The molecule has 11 heteroatoms. The van der Waals surface area contributed by atoms with Gasteiger partial charge in [-0.2, -0.15) is 13.2 Å². The fraction of sp³-hybridized carbons (Fsp3) is 0.263. The van der Waals surface area contributed by atoms with E-state index in [2.05, 4.69) is 5.32 Å². The lowest BCUT2D eigenvalue weighted by Crippen LogP contribution is -2.18. The van der Waals surface area contributed by atoms with Crippen molar-refractivity contribution in [2.75, 3.05) is 30.9 Å². The van der Waals surface area contributed by atoms with Crippen LogP contribution >= 0.6 is 0 Å². The van der Waals surface area contributed by atoms with Gasteiger partial charge in [0.15, 0.2) is 0 Å². The summed E-state index contributed by atoms with van der Waals surface area (Å²) in [6.07, 6.45) is -4.63. The van der Waals surface area contributed by atoms with Gasteiger partial charge in [-0.1, -0.05) is 0 Å². The third kappa shape index (κ3) is 5.25. The van der Waals surface area contributed by atoms with E-state index in [1.807, 2.05) is 0 Å². The number of hydrogen-bond donors (Lipinski definition) is 1. The Bertz CT molecular complexity index is 990. The monoisotopic (exact) mass is 425 g/mol. The highest BCUT2D eigenvalue weighted by molar-refractivity contribution is 6.07. The molecule has 0 spiro atoms. The lowest BCUT2D eigenvalue weighted by molar-refractivity contribution is -0.384. The van der Waals surface area contributed by atoms with Crippen LogP contribution in [0.1, 0.15) is 33.2 Å². The Kier molecular flexibility index (Phi) is 6.65. The summed E-state index contributed by atoms with van der Waals surface area (Å²) >= 11 is 0. The van der Waals surface area contributed by atoms with E-state index in [-0.39, 0.29) is 29.1 Å². The highest BCUT2D eigenvalue weighted by atomic mass is 19.4. The standard InChI is InChI=1S/C19H18F3N3O5/c1-4-30-18(27)12-7-11(8-14(9-12)25(28)29)17(26)23-15-10-13(19(20,21)22)5-6-16(15)24(2)3/h5-10H,4H2,1-3H3,(H,23,26). The van der Waals surface area contributed by atoms with Gasteiger partial charge in [0.25, 0.3) is 11.6 Å². The number of alkyl halides is 3. The maximum absolute atomic E-state index is 13.1. The van der Waals surface area contributed by atoms with Crippen LogP contribution in [-0.4, -0.2) is 37.5 Å². The summed E-state index contributed by atoms with van der Waals surface area (Å²) in [7, 11) is 3.15. The van der Waals surface area contributed by atoms with Crippen molar-refractivity contribution in [1.82, 2.24) is 0 Å². The Morgan fingerprint density at radius 1 is 1.13 bits per heavy atom.